The SMILES string of the molecule is CC(=O)c1ccc(-c2ccc[c]c2Cl)cn1. The highest BCUT2D eigenvalue weighted by molar-refractivity contribution is 6.33. The highest BCUT2D eigenvalue weighted by Crippen LogP contribution is 2.26. The molecule has 16 heavy (non-hydrogen) atoms. The molecule has 1 aromatic heterocycles. The van der Waals surface area contributed by atoms with Crippen LogP contribution in [0.25, 0.3) is 11.1 Å². The number of aromatic nitrogens is 1. The van der Waals surface area contributed by atoms with E-state index < -0.39 is 0 Å². The Balaban J connectivity index is 2.43. The average Bonchev–Trinajstić information content (AvgIpc) is 2.30. The molecule has 1 aromatic carbocycles. The van der Waals surface area contributed by atoms with Gasteiger partial charge in [0.15, 0.2) is 5.78 Å². The lowest BCUT2D eigenvalue weighted by molar-refractivity contribution is 0.101. The van der Waals surface area contributed by atoms with Gasteiger partial charge in [-0.1, -0.05) is 35.9 Å². The van der Waals surface area contributed by atoms with Crippen LogP contribution in [-0.2, 0) is 0 Å². The van der Waals surface area contributed by atoms with Gasteiger partial charge >= 0.3 is 0 Å². The fraction of sp³-hybridized carbons (Fsp3) is 0.0769. The number of pyridine rings is 1. The van der Waals surface area contributed by atoms with Crippen molar-refractivity contribution in [3.8, 4) is 11.1 Å². The van der Waals surface area contributed by atoms with Crippen LogP contribution in [0.4, 0.5) is 0 Å². The number of hydrogen-bond acceptors (Lipinski definition) is 2. The zero-order chi connectivity index (χ0) is 11.5. The predicted octanol–water partition coefficient (Wildman–Crippen LogP) is 3.40. The summed E-state index contributed by atoms with van der Waals surface area (Å²) in [4.78, 5) is 15.1. The quantitative estimate of drug-likeness (QED) is 0.740. The first-order chi connectivity index (χ1) is 7.68. The fourth-order valence-corrected chi connectivity index (χ4v) is 1.64. The van der Waals surface area contributed by atoms with Gasteiger partial charge in [0.25, 0.3) is 0 Å². The maximum atomic E-state index is 11.1. The predicted molar refractivity (Wildman–Crippen MR) is 63.5 cm³/mol. The van der Waals surface area contributed by atoms with Crippen molar-refractivity contribution in [1.29, 1.82) is 0 Å². The lowest BCUT2D eigenvalue weighted by Gasteiger charge is -2.03. The number of rotatable bonds is 2. The molecular formula is C13H9ClNO. The minimum absolute atomic E-state index is 0.0442. The number of carbonyl (C=O) groups excluding carboxylic acids is 1. The monoisotopic (exact) mass is 230 g/mol. The van der Waals surface area contributed by atoms with Crippen LogP contribution in [0.15, 0.2) is 36.5 Å². The summed E-state index contributed by atoms with van der Waals surface area (Å²) in [7, 11) is 0. The van der Waals surface area contributed by atoms with E-state index >= 15 is 0 Å². The van der Waals surface area contributed by atoms with E-state index in [0.29, 0.717) is 10.7 Å². The van der Waals surface area contributed by atoms with Crippen molar-refractivity contribution in [3.05, 3.63) is 53.3 Å². The largest absolute Gasteiger partial charge is 0.293 e. The molecule has 0 saturated carbocycles. The van der Waals surface area contributed by atoms with Crippen molar-refractivity contribution in [2.45, 2.75) is 6.92 Å². The normalized spacial score (nSPS) is 10.1. The Hall–Kier alpha value is -1.67. The molecule has 1 radical (unpaired) electrons. The number of ketones is 1. The molecule has 0 atom stereocenters. The second kappa shape index (κ2) is 4.45. The highest BCUT2D eigenvalue weighted by Gasteiger charge is 2.05. The van der Waals surface area contributed by atoms with Crippen molar-refractivity contribution in [1.82, 2.24) is 4.98 Å². The van der Waals surface area contributed by atoms with Crippen molar-refractivity contribution in [2.75, 3.05) is 0 Å². The van der Waals surface area contributed by atoms with Crippen molar-refractivity contribution in [2.24, 2.45) is 0 Å². The summed E-state index contributed by atoms with van der Waals surface area (Å²) in [6.07, 6.45) is 1.64. The number of carbonyl (C=O) groups is 1. The summed E-state index contributed by atoms with van der Waals surface area (Å²) < 4.78 is 0. The van der Waals surface area contributed by atoms with Crippen LogP contribution in [0.3, 0.4) is 0 Å². The van der Waals surface area contributed by atoms with Gasteiger partial charge < -0.3 is 0 Å². The highest BCUT2D eigenvalue weighted by atomic mass is 35.5. The molecular weight excluding hydrogens is 222 g/mol. The number of Topliss-reactive ketones (excluding diaryl/α,β-unsaturated/α-hetero) is 1. The number of benzene rings is 1. The molecule has 0 bridgehead atoms. The Morgan fingerprint density at radius 1 is 1.38 bits per heavy atom. The third-order valence-corrected chi connectivity index (χ3v) is 2.55. The van der Waals surface area contributed by atoms with Crippen LogP contribution < -0.4 is 0 Å². The number of hydrogen-bond donors (Lipinski definition) is 0. The lowest BCUT2D eigenvalue weighted by atomic mass is 10.1. The van der Waals surface area contributed by atoms with Crippen LogP contribution in [0, 0.1) is 6.07 Å². The van der Waals surface area contributed by atoms with Gasteiger partial charge in [0.05, 0.1) is 5.02 Å². The van der Waals surface area contributed by atoms with E-state index in [1.165, 1.54) is 6.92 Å². The molecule has 0 amide bonds. The summed E-state index contributed by atoms with van der Waals surface area (Å²) in [6.45, 7) is 1.49. The van der Waals surface area contributed by atoms with E-state index in [0.717, 1.165) is 11.1 Å². The first-order valence-electron chi connectivity index (χ1n) is 4.82. The lowest BCUT2D eigenvalue weighted by Crippen LogP contribution is -1.95. The molecule has 1 heterocycles. The molecule has 0 saturated heterocycles. The molecule has 0 unspecified atom stereocenters. The zero-order valence-corrected chi connectivity index (χ0v) is 9.45. The van der Waals surface area contributed by atoms with E-state index in [1.807, 2.05) is 18.2 Å². The molecule has 0 fully saturated rings. The molecule has 0 spiro atoms. The second-order valence-corrected chi connectivity index (χ2v) is 3.76. The molecule has 2 nitrogen and oxygen atoms in total. The van der Waals surface area contributed by atoms with Crippen LogP contribution >= 0.6 is 11.6 Å². The zero-order valence-electron chi connectivity index (χ0n) is 8.70. The van der Waals surface area contributed by atoms with Gasteiger partial charge in [0.1, 0.15) is 5.69 Å². The van der Waals surface area contributed by atoms with Crippen LogP contribution in [0.2, 0.25) is 5.02 Å². The Morgan fingerprint density at radius 2 is 2.19 bits per heavy atom. The molecule has 0 aliphatic rings. The van der Waals surface area contributed by atoms with Crippen LogP contribution in [-0.4, -0.2) is 10.8 Å². The minimum Gasteiger partial charge on any atom is -0.293 e. The maximum absolute atomic E-state index is 11.1. The number of nitrogens with zero attached hydrogens (tertiary/aromatic N) is 1. The smallest absolute Gasteiger partial charge is 0.178 e. The van der Waals surface area contributed by atoms with Gasteiger partial charge in [-0.15, -0.1) is 0 Å². The van der Waals surface area contributed by atoms with Gasteiger partial charge in [-0.05, 0) is 6.07 Å². The van der Waals surface area contributed by atoms with Crippen LogP contribution in [0.5, 0.6) is 0 Å². The summed E-state index contributed by atoms with van der Waals surface area (Å²) >= 11 is 6.01. The molecule has 2 aromatic rings. The first kappa shape index (κ1) is 10.8. The Morgan fingerprint density at radius 3 is 2.75 bits per heavy atom. The van der Waals surface area contributed by atoms with E-state index in [2.05, 4.69) is 11.1 Å². The molecule has 79 valence electrons. The minimum atomic E-state index is -0.0442. The third-order valence-electron chi connectivity index (χ3n) is 2.24. The Kier molecular flexibility index (Phi) is 3.02. The standard InChI is InChI=1S/C13H9ClNO/c1-9(16)13-7-6-10(8-15-13)11-4-2-3-5-12(11)14/h2-4,6-8H,1H3. The molecule has 0 aliphatic carbocycles. The summed E-state index contributed by atoms with van der Waals surface area (Å²) in [5.41, 5.74) is 2.21. The second-order valence-electron chi connectivity index (χ2n) is 3.39. The maximum Gasteiger partial charge on any atom is 0.178 e. The van der Waals surface area contributed by atoms with E-state index in [9.17, 15) is 4.79 Å². The van der Waals surface area contributed by atoms with E-state index in [-0.39, 0.29) is 5.78 Å². The van der Waals surface area contributed by atoms with Gasteiger partial charge in [-0.25, -0.2) is 0 Å². The number of halogens is 1. The topological polar surface area (TPSA) is 30.0 Å². The Bertz CT molecular complexity index is 520. The van der Waals surface area contributed by atoms with E-state index in [4.69, 9.17) is 11.6 Å². The summed E-state index contributed by atoms with van der Waals surface area (Å²) in [5, 5.41) is 0.555. The van der Waals surface area contributed by atoms with Gasteiger partial charge in [0.2, 0.25) is 0 Å². The van der Waals surface area contributed by atoms with Crippen molar-refractivity contribution >= 4 is 17.4 Å². The average molecular weight is 231 g/mol. The fourth-order valence-electron chi connectivity index (χ4n) is 1.40. The van der Waals surface area contributed by atoms with E-state index in [1.54, 1.807) is 18.3 Å². The summed E-state index contributed by atoms with van der Waals surface area (Å²) in [5.74, 6) is -0.0442. The molecule has 0 N–H and O–H groups in total. The van der Waals surface area contributed by atoms with Crippen molar-refractivity contribution < 1.29 is 4.79 Å². The van der Waals surface area contributed by atoms with Gasteiger partial charge in [-0.2, -0.15) is 0 Å². The Labute approximate surface area is 98.9 Å². The van der Waals surface area contributed by atoms with Gasteiger partial charge in [0, 0.05) is 30.3 Å². The van der Waals surface area contributed by atoms with Gasteiger partial charge in [-0.3, -0.25) is 9.78 Å². The molecule has 3 heteroatoms. The first-order valence-corrected chi connectivity index (χ1v) is 5.20. The molecule has 0 aliphatic heterocycles. The van der Waals surface area contributed by atoms with Crippen molar-refractivity contribution in [3.63, 3.8) is 0 Å². The van der Waals surface area contributed by atoms with Crippen LogP contribution in [0.1, 0.15) is 17.4 Å². The summed E-state index contributed by atoms with van der Waals surface area (Å²) in [6, 6.07) is 11.9. The third kappa shape index (κ3) is 2.12. The molecule has 2 rings (SSSR count).